The van der Waals surface area contributed by atoms with Crippen molar-refractivity contribution in [2.24, 2.45) is 5.73 Å². The predicted octanol–water partition coefficient (Wildman–Crippen LogP) is 2.92. The van der Waals surface area contributed by atoms with Crippen LogP contribution in [0.4, 0.5) is 4.39 Å². The summed E-state index contributed by atoms with van der Waals surface area (Å²) in [4.78, 5) is 0. The molecule has 0 radical (unpaired) electrons. The highest BCUT2D eigenvalue weighted by molar-refractivity contribution is 14.1. The average molecular weight is 337 g/mol. The van der Waals surface area contributed by atoms with Gasteiger partial charge in [-0.15, -0.1) is 0 Å². The van der Waals surface area contributed by atoms with Gasteiger partial charge in [0, 0.05) is 9.11 Å². The van der Waals surface area contributed by atoms with Crippen LogP contribution >= 0.6 is 22.6 Å². The second kappa shape index (κ2) is 5.82. The maximum absolute atomic E-state index is 12.0. The highest BCUT2D eigenvalue weighted by Crippen LogP contribution is 2.22. The molecular weight excluding hydrogens is 320 g/mol. The minimum atomic E-state index is -0.469. The zero-order chi connectivity index (χ0) is 12.2. The monoisotopic (exact) mass is 337 g/mol. The van der Waals surface area contributed by atoms with E-state index in [0.717, 1.165) is 15.6 Å². The lowest BCUT2D eigenvalue weighted by atomic mass is 9.96. The molecule has 4 heteroatoms. The molecule has 0 aliphatic rings. The topological polar surface area (TPSA) is 35.2 Å². The summed E-state index contributed by atoms with van der Waals surface area (Å²) in [6.45, 7) is 3.60. The van der Waals surface area contributed by atoms with Crippen LogP contribution in [-0.2, 0) is 6.42 Å². The first-order valence-electron chi connectivity index (χ1n) is 5.18. The summed E-state index contributed by atoms with van der Waals surface area (Å²) in [7, 11) is 0. The highest BCUT2D eigenvalue weighted by Gasteiger charge is 2.14. The molecule has 1 aromatic rings. The van der Waals surface area contributed by atoms with Gasteiger partial charge < -0.3 is 10.5 Å². The van der Waals surface area contributed by atoms with Crippen LogP contribution < -0.4 is 10.5 Å². The van der Waals surface area contributed by atoms with E-state index in [1.807, 2.05) is 32.0 Å². The lowest BCUT2D eigenvalue weighted by Crippen LogP contribution is -2.34. The van der Waals surface area contributed by atoms with Gasteiger partial charge in [-0.25, -0.2) is 4.39 Å². The van der Waals surface area contributed by atoms with Crippen LogP contribution in [0.3, 0.4) is 0 Å². The largest absolute Gasteiger partial charge is 0.491 e. The van der Waals surface area contributed by atoms with Crippen molar-refractivity contribution in [3.05, 3.63) is 27.3 Å². The van der Waals surface area contributed by atoms with Crippen molar-refractivity contribution in [2.75, 3.05) is 13.3 Å². The second-order valence-corrected chi connectivity index (χ2v) is 5.62. The van der Waals surface area contributed by atoms with Crippen molar-refractivity contribution in [3.8, 4) is 5.75 Å². The molecule has 0 spiro atoms. The Labute approximate surface area is 110 Å². The molecule has 0 atom stereocenters. The summed E-state index contributed by atoms with van der Waals surface area (Å²) in [5, 5.41) is 0. The number of nitrogens with two attached hydrogens (primary N) is 1. The number of hydrogen-bond acceptors (Lipinski definition) is 2. The number of alkyl halides is 1. The molecule has 0 aromatic heterocycles. The van der Waals surface area contributed by atoms with E-state index in [0.29, 0.717) is 5.75 Å². The van der Waals surface area contributed by atoms with Gasteiger partial charge in [0.2, 0.25) is 0 Å². The minimum absolute atomic E-state index is 0.103. The fourth-order valence-corrected chi connectivity index (χ4v) is 1.95. The van der Waals surface area contributed by atoms with Gasteiger partial charge in [-0.05, 0) is 66.6 Å². The van der Waals surface area contributed by atoms with E-state index in [-0.39, 0.29) is 12.1 Å². The van der Waals surface area contributed by atoms with Crippen molar-refractivity contribution in [1.29, 1.82) is 0 Å². The number of rotatable bonds is 5. The summed E-state index contributed by atoms with van der Waals surface area (Å²) >= 11 is 2.27. The normalized spacial score (nSPS) is 11.6. The third-order valence-electron chi connectivity index (χ3n) is 2.01. The van der Waals surface area contributed by atoms with Gasteiger partial charge in [-0.1, -0.05) is 0 Å². The molecule has 0 saturated heterocycles. The van der Waals surface area contributed by atoms with Gasteiger partial charge >= 0.3 is 0 Å². The molecule has 2 N–H and O–H groups in total. The number of benzene rings is 1. The molecule has 16 heavy (non-hydrogen) atoms. The number of hydrogen-bond donors (Lipinski definition) is 1. The van der Waals surface area contributed by atoms with Crippen LogP contribution in [0.5, 0.6) is 5.75 Å². The smallest absolute Gasteiger partial charge is 0.123 e. The summed E-state index contributed by atoms with van der Waals surface area (Å²) in [6.07, 6.45) is 0.776. The molecular formula is C12H17FINO. The van der Waals surface area contributed by atoms with Crippen LogP contribution in [-0.4, -0.2) is 18.8 Å². The Morgan fingerprint density at radius 1 is 1.44 bits per heavy atom. The van der Waals surface area contributed by atoms with E-state index in [1.54, 1.807) is 0 Å². The van der Waals surface area contributed by atoms with Gasteiger partial charge in [0.1, 0.15) is 19.0 Å². The van der Waals surface area contributed by atoms with Gasteiger partial charge in [-0.2, -0.15) is 0 Å². The first-order valence-corrected chi connectivity index (χ1v) is 6.26. The van der Waals surface area contributed by atoms with Crippen LogP contribution in [0.25, 0.3) is 0 Å². The molecule has 0 heterocycles. The molecule has 0 fully saturated rings. The van der Waals surface area contributed by atoms with E-state index in [2.05, 4.69) is 22.6 Å². The van der Waals surface area contributed by atoms with Gasteiger partial charge in [-0.3, -0.25) is 0 Å². The Bertz CT molecular complexity index is 349. The van der Waals surface area contributed by atoms with E-state index in [4.69, 9.17) is 10.5 Å². The van der Waals surface area contributed by atoms with Crippen LogP contribution in [0.2, 0.25) is 0 Å². The SMILES string of the molecule is CC(C)(N)Cc1cc(OCCF)ccc1I. The molecule has 0 saturated carbocycles. The number of halogens is 2. The van der Waals surface area contributed by atoms with Crippen LogP contribution in [0.1, 0.15) is 19.4 Å². The standard InChI is InChI=1S/C12H17FINO/c1-12(2,15)8-9-7-10(16-6-5-13)3-4-11(9)14/h3-4,7H,5-6,8,15H2,1-2H3. The van der Waals surface area contributed by atoms with Crippen LogP contribution in [0.15, 0.2) is 18.2 Å². The average Bonchev–Trinajstić information content (AvgIpc) is 2.17. The Morgan fingerprint density at radius 2 is 2.12 bits per heavy atom. The molecule has 0 bridgehead atoms. The quantitative estimate of drug-likeness (QED) is 0.839. The van der Waals surface area contributed by atoms with E-state index < -0.39 is 6.67 Å². The van der Waals surface area contributed by atoms with E-state index >= 15 is 0 Å². The summed E-state index contributed by atoms with van der Waals surface area (Å²) in [6, 6.07) is 5.76. The third kappa shape index (κ3) is 4.65. The molecule has 0 aliphatic carbocycles. The predicted molar refractivity (Wildman–Crippen MR) is 72.6 cm³/mol. The summed E-state index contributed by atoms with van der Waals surface area (Å²) in [5.74, 6) is 0.706. The lowest BCUT2D eigenvalue weighted by molar-refractivity contribution is 0.273. The van der Waals surface area contributed by atoms with Crippen molar-refractivity contribution in [3.63, 3.8) is 0 Å². The molecule has 0 amide bonds. The number of ether oxygens (including phenoxy) is 1. The van der Waals surface area contributed by atoms with Crippen molar-refractivity contribution in [1.82, 2.24) is 0 Å². The Kier molecular flexibility index (Phi) is 4.98. The van der Waals surface area contributed by atoms with Gasteiger partial charge in [0.05, 0.1) is 0 Å². The molecule has 90 valence electrons. The molecule has 2 nitrogen and oxygen atoms in total. The van der Waals surface area contributed by atoms with Crippen molar-refractivity contribution < 1.29 is 9.13 Å². The molecule has 1 rings (SSSR count). The Morgan fingerprint density at radius 3 is 2.69 bits per heavy atom. The maximum Gasteiger partial charge on any atom is 0.123 e. The highest BCUT2D eigenvalue weighted by atomic mass is 127. The fourth-order valence-electron chi connectivity index (χ4n) is 1.42. The maximum atomic E-state index is 12.0. The van der Waals surface area contributed by atoms with Crippen molar-refractivity contribution in [2.45, 2.75) is 25.8 Å². The first kappa shape index (κ1) is 13.7. The zero-order valence-corrected chi connectivity index (χ0v) is 11.8. The summed E-state index contributed by atoms with van der Waals surface area (Å²) in [5.41, 5.74) is 6.87. The first-order chi connectivity index (χ1) is 7.42. The van der Waals surface area contributed by atoms with E-state index in [1.165, 1.54) is 0 Å². The van der Waals surface area contributed by atoms with E-state index in [9.17, 15) is 4.39 Å². The van der Waals surface area contributed by atoms with Crippen LogP contribution in [0, 0.1) is 3.57 Å². The third-order valence-corrected chi connectivity index (χ3v) is 3.06. The molecule has 1 aromatic carbocycles. The lowest BCUT2D eigenvalue weighted by Gasteiger charge is -2.19. The fraction of sp³-hybridized carbons (Fsp3) is 0.500. The van der Waals surface area contributed by atoms with Gasteiger partial charge in [0.25, 0.3) is 0 Å². The second-order valence-electron chi connectivity index (χ2n) is 4.46. The van der Waals surface area contributed by atoms with Crippen molar-refractivity contribution >= 4 is 22.6 Å². The zero-order valence-electron chi connectivity index (χ0n) is 9.59. The summed E-state index contributed by atoms with van der Waals surface area (Å²) < 4.78 is 18.4. The Balaban J connectivity index is 2.82. The Hall–Kier alpha value is -0.360. The molecule has 0 unspecified atom stereocenters. The molecule has 0 aliphatic heterocycles. The van der Waals surface area contributed by atoms with Gasteiger partial charge in [0.15, 0.2) is 0 Å². The minimum Gasteiger partial charge on any atom is -0.491 e.